The molecular formula is C21H31N3O2. The molecule has 1 aromatic rings. The average Bonchev–Trinajstić information content (AvgIpc) is 2.83. The molecule has 1 saturated carbocycles. The zero-order chi connectivity index (χ0) is 18.6. The molecule has 3 N–H and O–H groups in total. The van der Waals surface area contributed by atoms with Crippen molar-refractivity contribution in [3.63, 3.8) is 0 Å². The highest BCUT2D eigenvalue weighted by molar-refractivity contribution is 5.90. The molecule has 142 valence electrons. The van der Waals surface area contributed by atoms with Gasteiger partial charge in [0.15, 0.2) is 0 Å². The minimum Gasteiger partial charge on any atom is -0.371 e. The molecule has 1 aliphatic heterocycles. The fraction of sp³-hybridized carbons (Fsp3) is 0.619. The zero-order valence-corrected chi connectivity index (χ0v) is 16.0. The van der Waals surface area contributed by atoms with Crippen LogP contribution in [0.25, 0.3) is 0 Å². The lowest BCUT2D eigenvalue weighted by Gasteiger charge is -2.38. The Labute approximate surface area is 156 Å². The monoisotopic (exact) mass is 357 g/mol. The fourth-order valence-electron chi connectivity index (χ4n) is 4.05. The van der Waals surface area contributed by atoms with E-state index in [-0.39, 0.29) is 17.9 Å². The highest BCUT2D eigenvalue weighted by Crippen LogP contribution is 2.33. The van der Waals surface area contributed by atoms with Gasteiger partial charge in [0, 0.05) is 24.7 Å². The van der Waals surface area contributed by atoms with Crippen molar-refractivity contribution in [2.45, 2.75) is 76.8 Å². The molecule has 3 rings (SSSR count). The molecule has 1 aromatic carbocycles. The van der Waals surface area contributed by atoms with Crippen LogP contribution in [0.15, 0.2) is 18.2 Å². The summed E-state index contributed by atoms with van der Waals surface area (Å²) in [6, 6.07) is 6.38. The molecule has 1 saturated heterocycles. The van der Waals surface area contributed by atoms with Crippen LogP contribution in [0.1, 0.15) is 62.5 Å². The molecule has 0 radical (unpaired) electrons. The van der Waals surface area contributed by atoms with Crippen molar-refractivity contribution in [3.8, 4) is 0 Å². The molecule has 0 spiro atoms. The third-order valence-electron chi connectivity index (χ3n) is 5.90. The van der Waals surface area contributed by atoms with E-state index in [0.717, 1.165) is 44.2 Å². The SMILES string of the molecule is Cc1ccc(NC2(C(=O)NC3CCNC(=O)CC3)CCCCC2)cc1C. The smallest absolute Gasteiger partial charge is 0.245 e. The Balaban J connectivity index is 1.74. The molecular weight excluding hydrogens is 326 g/mol. The van der Waals surface area contributed by atoms with Crippen molar-refractivity contribution in [1.29, 1.82) is 0 Å². The Bertz CT molecular complexity index is 665. The maximum atomic E-state index is 13.3. The molecule has 0 aromatic heterocycles. The number of rotatable bonds is 4. The van der Waals surface area contributed by atoms with Gasteiger partial charge in [-0.15, -0.1) is 0 Å². The summed E-state index contributed by atoms with van der Waals surface area (Å²) in [7, 11) is 0. The molecule has 26 heavy (non-hydrogen) atoms. The van der Waals surface area contributed by atoms with Crippen LogP contribution in [0, 0.1) is 13.8 Å². The molecule has 1 aliphatic carbocycles. The van der Waals surface area contributed by atoms with Gasteiger partial charge in [-0.25, -0.2) is 0 Å². The van der Waals surface area contributed by atoms with Gasteiger partial charge < -0.3 is 16.0 Å². The second kappa shape index (κ2) is 8.11. The standard InChI is InChI=1S/C21H31N3O2/c1-15-6-7-18(14-16(15)2)24-21(11-4-3-5-12-21)20(26)23-17-8-9-19(25)22-13-10-17/h6-7,14,17,24H,3-5,8-13H2,1-2H3,(H,22,25)(H,23,26). The summed E-state index contributed by atoms with van der Waals surface area (Å²) in [6.45, 7) is 4.84. The first kappa shape index (κ1) is 18.7. The van der Waals surface area contributed by atoms with Gasteiger partial charge in [-0.2, -0.15) is 0 Å². The van der Waals surface area contributed by atoms with Gasteiger partial charge in [-0.05, 0) is 62.8 Å². The summed E-state index contributed by atoms with van der Waals surface area (Å²) in [5.74, 6) is 0.178. The van der Waals surface area contributed by atoms with Crippen LogP contribution in [-0.2, 0) is 9.59 Å². The molecule has 2 aliphatic rings. The predicted octanol–water partition coefficient (Wildman–Crippen LogP) is 3.20. The zero-order valence-electron chi connectivity index (χ0n) is 16.0. The normalized spacial score (nSPS) is 22.8. The molecule has 1 unspecified atom stereocenters. The van der Waals surface area contributed by atoms with Crippen molar-refractivity contribution in [3.05, 3.63) is 29.3 Å². The molecule has 2 amide bonds. The molecule has 0 bridgehead atoms. The quantitative estimate of drug-likeness (QED) is 0.775. The number of aryl methyl sites for hydroxylation is 2. The largest absolute Gasteiger partial charge is 0.371 e. The number of carbonyl (C=O) groups excluding carboxylic acids is 2. The molecule has 2 fully saturated rings. The molecule has 5 heteroatoms. The van der Waals surface area contributed by atoms with Crippen LogP contribution in [0.2, 0.25) is 0 Å². The van der Waals surface area contributed by atoms with Crippen molar-refractivity contribution >= 4 is 17.5 Å². The van der Waals surface area contributed by atoms with E-state index in [1.54, 1.807) is 0 Å². The van der Waals surface area contributed by atoms with Gasteiger partial charge in [-0.1, -0.05) is 25.3 Å². The van der Waals surface area contributed by atoms with Crippen molar-refractivity contribution in [1.82, 2.24) is 10.6 Å². The van der Waals surface area contributed by atoms with Gasteiger partial charge >= 0.3 is 0 Å². The first-order valence-corrected chi connectivity index (χ1v) is 9.92. The van der Waals surface area contributed by atoms with E-state index in [9.17, 15) is 9.59 Å². The van der Waals surface area contributed by atoms with Crippen LogP contribution in [0.4, 0.5) is 5.69 Å². The maximum Gasteiger partial charge on any atom is 0.245 e. The maximum absolute atomic E-state index is 13.3. The number of amides is 2. The Hall–Kier alpha value is -2.04. The van der Waals surface area contributed by atoms with Crippen molar-refractivity contribution in [2.24, 2.45) is 0 Å². The third kappa shape index (κ3) is 4.37. The van der Waals surface area contributed by atoms with E-state index in [0.29, 0.717) is 13.0 Å². The van der Waals surface area contributed by atoms with Gasteiger partial charge in [0.25, 0.3) is 0 Å². The van der Waals surface area contributed by atoms with E-state index < -0.39 is 5.54 Å². The predicted molar refractivity (Wildman–Crippen MR) is 104 cm³/mol. The van der Waals surface area contributed by atoms with Crippen LogP contribution in [0.3, 0.4) is 0 Å². The second-order valence-corrected chi connectivity index (χ2v) is 7.91. The summed E-state index contributed by atoms with van der Waals surface area (Å²) >= 11 is 0. The minimum atomic E-state index is -0.538. The number of benzene rings is 1. The van der Waals surface area contributed by atoms with E-state index >= 15 is 0 Å². The highest BCUT2D eigenvalue weighted by Gasteiger charge is 2.40. The Kier molecular flexibility index (Phi) is 5.84. The number of nitrogens with one attached hydrogen (secondary N) is 3. The Morgan fingerprint density at radius 2 is 1.88 bits per heavy atom. The van der Waals surface area contributed by atoms with Gasteiger partial charge in [0.1, 0.15) is 5.54 Å². The Morgan fingerprint density at radius 3 is 2.62 bits per heavy atom. The fourth-order valence-corrected chi connectivity index (χ4v) is 4.05. The summed E-state index contributed by atoms with van der Waals surface area (Å²) in [4.78, 5) is 24.8. The summed E-state index contributed by atoms with van der Waals surface area (Å²) in [6.07, 6.45) is 7.04. The van der Waals surface area contributed by atoms with Crippen LogP contribution in [0.5, 0.6) is 0 Å². The number of hydrogen-bond acceptors (Lipinski definition) is 3. The lowest BCUT2D eigenvalue weighted by atomic mass is 9.80. The van der Waals surface area contributed by atoms with E-state index in [4.69, 9.17) is 0 Å². The van der Waals surface area contributed by atoms with Crippen LogP contribution >= 0.6 is 0 Å². The molecule has 5 nitrogen and oxygen atoms in total. The van der Waals surface area contributed by atoms with Crippen molar-refractivity contribution in [2.75, 3.05) is 11.9 Å². The number of carbonyl (C=O) groups is 2. The first-order valence-electron chi connectivity index (χ1n) is 9.92. The molecule has 1 atom stereocenters. The summed E-state index contributed by atoms with van der Waals surface area (Å²) < 4.78 is 0. The van der Waals surface area contributed by atoms with E-state index in [2.05, 4.69) is 48.0 Å². The van der Waals surface area contributed by atoms with Gasteiger partial charge in [-0.3, -0.25) is 9.59 Å². The topological polar surface area (TPSA) is 70.2 Å². The first-order chi connectivity index (χ1) is 12.5. The highest BCUT2D eigenvalue weighted by atomic mass is 16.2. The lowest BCUT2D eigenvalue weighted by molar-refractivity contribution is -0.127. The number of anilines is 1. The lowest BCUT2D eigenvalue weighted by Crippen LogP contribution is -2.56. The second-order valence-electron chi connectivity index (χ2n) is 7.91. The van der Waals surface area contributed by atoms with E-state index in [1.807, 2.05) is 0 Å². The van der Waals surface area contributed by atoms with Gasteiger partial charge in [0.05, 0.1) is 0 Å². The average molecular weight is 357 g/mol. The van der Waals surface area contributed by atoms with Crippen LogP contribution in [-0.4, -0.2) is 29.9 Å². The molecule has 1 heterocycles. The summed E-state index contributed by atoms with van der Waals surface area (Å²) in [5, 5.41) is 9.71. The third-order valence-corrected chi connectivity index (χ3v) is 5.90. The summed E-state index contributed by atoms with van der Waals surface area (Å²) in [5.41, 5.74) is 2.97. The minimum absolute atomic E-state index is 0.0711. The van der Waals surface area contributed by atoms with E-state index in [1.165, 1.54) is 17.5 Å². The number of hydrogen-bond donors (Lipinski definition) is 3. The van der Waals surface area contributed by atoms with Gasteiger partial charge in [0.2, 0.25) is 11.8 Å². The van der Waals surface area contributed by atoms with Crippen molar-refractivity contribution < 1.29 is 9.59 Å². The van der Waals surface area contributed by atoms with Crippen LogP contribution < -0.4 is 16.0 Å². The Morgan fingerprint density at radius 1 is 1.12 bits per heavy atom.